The molecule has 1 aliphatic heterocycles. The topological polar surface area (TPSA) is 58.6 Å². The number of aliphatic carboxylic acids is 1. The summed E-state index contributed by atoms with van der Waals surface area (Å²) in [4.78, 5) is 11.3. The third kappa shape index (κ3) is 2.75. The second kappa shape index (κ2) is 6.01. The third-order valence-electron chi connectivity index (χ3n) is 6.80. The molecule has 0 aromatic heterocycles. The van der Waals surface area contributed by atoms with E-state index in [9.17, 15) is 9.90 Å². The van der Waals surface area contributed by atoms with Crippen molar-refractivity contribution >= 4 is 5.97 Å². The number of piperidine rings is 1. The van der Waals surface area contributed by atoms with Gasteiger partial charge in [0.05, 0.1) is 5.41 Å². The van der Waals surface area contributed by atoms with E-state index in [0.717, 1.165) is 24.6 Å². The summed E-state index contributed by atoms with van der Waals surface area (Å²) in [7, 11) is 0. The van der Waals surface area contributed by atoms with Crippen LogP contribution in [0, 0.1) is 11.3 Å². The molecule has 4 heteroatoms. The summed E-state index contributed by atoms with van der Waals surface area (Å²) >= 11 is 0. The molecule has 1 heterocycles. The predicted octanol–water partition coefficient (Wildman–Crippen LogP) is 3.52. The van der Waals surface area contributed by atoms with Crippen LogP contribution in [0.25, 0.3) is 0 Å². The molecule has 2 N–H and O–H groups in total. The van der Waals surface area contributed by atoms with Gasteiger partial charge >= 0.3 is 5.97 Å². The first-order valence-electron chi connectivity index (χ1n) is 9.65. The van der Waals surface area contributed by atoms with Crippen molar-refractivity contribution in [2.24, 2.45) is 11.3 Å². The lowest BCUT2D eigenvalue weighted by atomic mass is 9.53. The molecule has 3 atom stereocenters. The molecule has 0 spiro atoms. The summed E-state index contributed by atoms with van der Waals surface area (Å²) in [6.45, 7) is 4.72. The lowest BCUT2D eigenvalue weighted by Crippen LogP contribution is -2.59. The number of carbonyl (C=O) groups is 1. The van der Waals surface area contributed by atoms with Gasteiger partial charge in [0, 0.05) is 11.5 Å². The van der Waals surface area contributed by atoms with E-state index in [2.05, 4.69) is 17.4 Å². The highest BCUT2D eigenvalue weighted by Crippen LogP contribution is 2.54. The summed E-state index contributed by atoms with van der Waals surface area (Å²) in [5.74, 6) is 0.745. The summed E-state index contributed by atoms with van der Waals surface area (Å²) in [5, 5.41) is 13.1. The Morgan fingerprint density at radius 1 is 1.36 bits per heavy atom. The van der Waals surface area contributed by atoms with Crippen molar-refractivity contribution < 1.29 is 14.6 Å². The van der Waals surface area contributed by atoms with Crippen molar-refractivity contribution in [1.82, 2.24) is 5.32 Å². The van der Waals surface area contributed by atoms with Crippen LogP contribution in [-0.4, -0.2) is 30.3 Å². The van der Waals surface area contributed by atoms with E-state index in [1.54, 1.807) is 13.8 Å². The molecule has 4 rings (SSSR count). The van der Waals surface area contributed by atoms with Crippen molar-refractivity contribution in [3.05, 3.63) is 29.3 Å². The molecule has 0 amide bonds. The Bertz CT molecular complexity index is 680. The zero-order chi connectivity index (χ0) is 17.7. The maximum absolute atomic E-state index is 11.3. The number of hydrogen-bond donors (Lipinski definition) is 2. The van der Waals surface area contributed by atoms with Crippen LogP contribution in [0.15, 0.2) is 18.2 Å². The molecule has 25 heavy (non-hydrogen) atoms. The van der Waals surface area contributed by atoms with E-state index < -0.39 is 11.4 Å². The Kier molecular flexibility index (Phi) is 4.06. The first-order valence-corrected chi connectivity index (χ1v) is 9.65. The smallest absolute Gasteiger partial charge is 0.312 e. The Morgan fingerprint density at radius 2 is 2.20 bits per heavy atom. The van der Waals surface area contributed by atoms with Gasteiger partial charge in [0.1, 0.15) is 12.4 Å². The van der Waals surface area contributed by atoms with Crippen LogP contribution < -0.4 is 10.1 Å². The summed E-state index contributed by atoms with van der Waals surface area (Å²) in [6, 6.07) is 7.09. The Labute approximate surface area is 150 Å². The molecule has 1 saturated heterocycles. The molecule has 3 aliphatic rings. The predicted molar refractivity (Wildman–Crippen MR) is 97.1 cm³/mol. The third-order valence-corrected chi connectivity index (χ3v) is 6.80. The minimum Gasteiger partial charge on any atom is -0.492 e. The standard InChI is InChI=1S/C21H29NO3/c1-20(2,19(23)24)13-25-15-7-6-14-11-18-16-5-3-4-8-21(16,9-10-22-18)17(14)12-15/h6-7,12,16,18,22H,3-5,8-11,13H2,1-2H3,(H,23,24)/t16-,18+,21+/m0/s1. The zero-order valence-corrected chi connectivity index (χ0v) is 15.3. The number of hydrogen-bond acceptors (Lipinski definition) is 3. The highest BCUT2D eigenvalue weighted by molar-refractivity contribution is 5.73. The first-order chi connectivity index (χ1) is 11.9. The fraction of sp³-hybridized carbons (Fsp3) is 0.667. The highest BCUT2D eigenvalue weighted by atomic mass is 16.5. The van der Waals surface area contributed by atoms with Crippen LogP contribution in [0.5, 0.6) is 5.75 Å². The number of rotatable bonds is 4. The molecule has 2 fully saturated rings. The molecular weight excluding hydrogens is 314 g/mol. The minimum absolute atomic E-state index is 0.196. The van der Waals surface area contributed by atoms with E-state index in [1.165, 1.54) is 43.2 Å². The molecule has 4 nitrogen and oxygen atoms in total. The van der Waals surface area contributed by atoms with Gasteiger partial charge < -0.3 is 15.2 Å². The Hall–Kier alpha value is -1.55. The van der Waals surface area contributed by atoms with Gasteiger partial charge in [-0.2, -0.15) is 0 Å². The molecular formula is C21H29NO3. The Morgan fingerprint density at radius 3 is 3.00 bits per heavy atom. The fourth-order valence-electron chi connectivity index (χ4n) is 5.32. The number of carboxylic acids is 1. The molecule has 1 saturated carbocycles. The van der Waals surface area contributed by atoms with Crippen molar-refractivity contribution in [1.29, 1.82) is 0 Å². The van der Waals surface area contributed by atoms with Gasteiger partial charge in [-0.05, 0) is 75.3 Å². The quantitative estimate of drug-likeness (QED) is 0.878. The summed E-state index contributed by atoms with van der Waals surface area (Å²) in [6.07, 6.45) is 7.61. The number of benzene rings is 1. The summed E-state index contributed by atoms with van der Waals surface area (Å²) in [5.41, 5.74) is 2.38. The van der Waals surface area contributed by atoms with E-state index in [4.69, 9.17) is 4.74 Å². The van der Waals surface area contributed by atoms with Gasteiger partial charge in [-0.1, -0.05) is 18.9 Å². The maximum atomic E-state index is 11.3. The second-order valence-corrected chi connectivity index (χ2v) is 8.82. The van der Waals surface area contributed by atoms with Crippen LogP contribution in [0.4, 0.5) is 0 Å². The number of nitrogens with one attached hydrogen (secondary N) is 1. The van der Waals surface area contributed by atoms with Crippen molar-refractivity contribution in [2.45, 2.75) is 63.8 Å². The molecule has 2 bridgehead atoms. The second-order valence-electron chi connectivity index (χ2n) is 8.82. The van der Waals surface area contributed by atoms with Crippen LogP contribution in [0.3, 0.4) is 0 Å². The van der Waals surface area contributed by atoms with Gasteiger partial charge in [0.15, 0.2) is 0 Å². The van der Waals surface area contributed by atoms with E-state index >= 15 is 0 Å². The molecule has 0 unspecified atom stereocenters. The molecule has 0 radical (unpaired) electrons. The van der Waals surface area contributed by atoms with Crippen LogP contribution >= 0.6 is 0 Å². The van der Waals surface area contributed by atoms with Crippen LogP contribution in [0.2, 0.25) is 0 Å². The highest BCUT2D eigenvalue weighted by Gasteiger charge is 2.51. The lowest BCUT2D eigenvalue weighted by molar-refractivity contribution is -0.148. The first kappa shape index (κ1) is 16.9. The molecule has 136 valence electrons. The van der Waals surface area contributed by atoms with Crippen molar-refractivity contribution in [2.75, 3.05) is 13.2 Å². The molecule has 1 aromatic carbocycles. The zero-order valence-electron chi connectivity index (χ0n) is 15.3. The number of fused-ring (bicyclic) bond motifs is 1. The maximum Gasteiger partial charge on any atom is 0.312 e. The van der Waals surface area contributed by atoms with Crippen LogP contribution in [-0.2, 0) is 16.6 Å². The number of carboxylic acid groups (broad SMARTS) is 1. The monoisotopic (exact) mass is 343 g/mol. The van der Waals surface area contributed by atoms with Gasteiger partial charge in [-0.3, -0.25) is 4.79 Å². The molecule has 1 aromatic rings. The van der Waals surface area contributed by atoms with E-state index in [1.807, 2.05) is 6.07 Å². The SMILES string of the molecule is CC(C)(COc1ccc2c(c1)[C@@]13CCCC[C@H]1[C@@H](C2)NCC3)C(=O)O. The van der Waals surface area contributed by atoms with Crippen molar-refractivity contribution in [3.63, 3.8) is 0 Å². The largest absolute Gasteiger partial charge is 0.492 e. The van der Waals surface area contributed by atoms with Crippen molar-refractivity contribution in [3.8, 4) is 5.75 Å². The molecule has 2 aliphatic carbocycles. The number of ether oxygens (including phenoxy) is 1. The minimum atomic E-state index is -0.874. The normalized spacial score (nSPS) is 31.0. The Balaban J connectivity index is 1.64. The van der Waals surface area contributed by atoms with Gasteiger partial charge in [0.25, 0.3) is 0 Å². The average Bonchev–Trinajstić information content (AvgIpc) is 2.60. The van der Waals surface area contributed by atoms with Gasteiger partial charge in [-0.15, -0.1) is 0 Å². The fourth-order valence-corrected chi connectivity index (χ4v) is 5.32. The van der Waals surface area contributed by atoms with Gasteiger partial charge in [0.2, 0.25) is 0 Å². The van der Waals surface area contributed by atoms with Crippen LogP contribution in [0.1, 0.15) is 57.1 Å². The average molecular weight is 343 g/mol. The van der Waals surface area contributed by atoms with E-state index in [-0.39, 0.29) is 6.61 Å². The van der Waals surface area contributed by atoms with Gasteiger partial charge in [-0.25, -0.2) is 0 Å². The summed E-state index contributed by atoms with van der Waals surface area (Å²) < 4.78 is 5.92. The lowest BCUT2D eigenvalue weighted by Gasteiger charge is -2.56. The van der Waals surface area contributed by atoms with E-state index in [0.29, 0.717) is 11.5 Å².